The summed E-state index contributed by atoms with van der Waals surface area (Å²) in [5.41, 5.74) is 0.956. The van der Waals surface area contributed by atoms with Crippen LogP contribution in [0.25, 0.3) is 11.1 Å². The van der Waals surface area contributed by atoms with Gasteiger partial charge in [0.1, 0.15) is 0 Å². The highest BCUT2D eigenvalue weighted by atomic mass is 19.4. The molecule has 1 N–H and O–H groups in total. The highest BCUT2D eigenvalue weighted by molar-refractivity contribution is 5.69. The summed E-state index contributed by atoms with van der Waals surface area (Å²) in [6, 6.07) is 8.77. The molecule has 0 aliphatic carbocycles. The number of halogens is 3. The van der Waals surface area contributed by atoms with E-state index in [9.17, 15) is 13.2 Å². The zero-order chi connectivity index (χ0) is 15.7. The fourth-order valence-electron chi connectivity index (χ4n) is 2.39. The second kappa shape index (κ2) is 5.32. The molecule has 0 fully saturated rings. The first-order valence-electron chi connectivity index (χ1n) is 6.64. The Morgan fingerprint density at radius 1 is 1.23 bits per heavy atom. The van der Waals surface area contributed by atoms with E-state index in [0.717, 1.165) is 5.56 Å². The number of aromatic nitrogens is 4. The largest absolute Gasteiger partial charge is 0.435 e. The second-order valence-electron chi connectivity index (χ2n) is 4.97. The van der Waals surface area contributed by atoms with Gasteiger partial charge in [-0.1, -0.05) is 18.2 Å². The van der Waals surface area contributed by atoms with Crippen molar-refractivity contribution in [2.75, 3.05) is 0 Å². The molecule has 7 heteroatoms. The third-order valence-electron chi connectivity index (χ3n) is 3.34. The van der Waals surface area contributed by atoms with Gasteiger partial charge in [-0.05, 0) is 30.2 Å². The number of alkyl halides is 3. The van der Waals surface area contributed by atoms with Crippen molar-refractivity contribution < 1.29 is 13.2 Å². The fourth-order valence-corrected chi connectivity index (χ4v) is 2.39. The van der Waals surface area contributed by atoms with E-state index in [1.807, 2.05) is 6.07 Å². The second-order valence-corrected chi connectivity index (χ2v) is 4.97. The van der Waals surface area contributed by atoms with Crippen molar-refractivity contribution in [2.45, 2.75) is 19.6 Å². The number of nitrogens with zero attached hydrogens (tertiary/aromatic N) is 3. The van der Waals surface area contributed by atoms with Gasteiger partial charge in [0.2, 0.25) is 0 Å². The average molecular weight is 306 g/mol. The van der Waals surface area contributed by atoms with E-state index >= 15 is 0 Å². The summed E-state index contributed by atoms with van der Waals surface area (Å²) >= 11 is 0. The molecule has 22 heavy (non-hydrogen) atoms. The SMILES string of the molecule is Cc1[nH]nc(C(F)(F)F)c1-c1cccc(Cn2cccn2)c1. The number of H-pyrrole nitrogens is 1. The standard InChI is InChI=1S/C15H13F3N4/c1-10-13(14(21-20-10)15(16,17)18)12-5-2-4-11(8-12)9-22-7-3-6-19-22/h2-8H,9H2,1H3,(H,20,21). The van der Waals surface area contributed by atoms with Crippen LogP contribution in [0, 0.1) is 6.92 Å². The van der Waals surface area contributed by atoms with Gasteiger partial charge in [-0.25, -0.2) is 0 Å². The molecule has 0 aliphatic heterocycles. The van der Waals surface area contributed by atoms with Gasteiger partial charge in [-0.3, -0.25) is 9.78 Å². The molecule has 2 aromatic heterocycles. The third kappa shape index (κ3) is 2.74. The number of hydrogen-bond donors (Lipinski definition) is 1. The zero-order valence-electron chi connectivity index (χ0n) is 11.7. The minimum Gasteiger partial charge on any atom is -0.282 e. The molecule has 114 valence electrons. The van der Waals surface area contributed by atoms with E-state index in [0.29, 0.717) is 17.8 Å². The molecule has 0 saturated heterocycles. The lowest BCUT2D eigenvalue weighted by Crippen LogP contribution is -2.07. The van der Waals surface area contributed by atoms with Gasteiger partial charge in [0.05, 0.1) is 6.54 Å². The van der Waals surface area contributed by atoms with Crippen LogP contribution in [0.2, 0.25) is 0 Å². The summed E-state index contributed by atoms with van der Waals surface area (Å²) in [7, 11) is 0. The minimum absolute atomic E-state index is 0.0924. The third-order valence-corrected chi connectivity index (χ3v) is 3.34. The van der Waals surface area contributed by atoms with Crippen LogP contribution in [0.15, 0.2) is 42.7 Å². The maximum atomic E-state index is 13.1. The number of benzene rings is 1. The molecule has 4 nitrogen and oxygen atoms in total. The summed E-state index contributed by atoms with van der Waals surface area (Å²) in [5, 5.41) is 9.92. The van der Waals surface area contributed by atoms with Crippen LogP contribution in [-0.2, 0) is 12.7 Å². The lowest BCUT2D eigenvalue weighted by Gasteiger charge is -2.09. The summed E-state index contributed by atoms with van der Waals surface area (Å²) < 4.78 is 40.9. The van der Waals surface area contributed by atoms with Crippen molar-refractivity contribution in [2.24, 2.45) is 0 Å². The predicted molar refractivity (Wildman–Crippen MR) is 75.1 cm³/mol. The van der Waals surface area contributed by atoms with Crippen molar-refractivity contribution in [1.82, 2.24) is 20.0 Å². The molecule has 0 atom stereocenters. The lowest BCUT2D eigenvalue weighted by atomic mass is 10.0. The number of rotatable bonds is 3. The molecular weight excluding hydrogens is 293 g/mol. The average Bonchev–Trinajstić information content (AvgIpc) is 3.08. The Bertz CT molecular complexity index is 772. The number of aromatic amines is 1. The van der Waals surface area contributed by atoms with E-state index in [4.69, 9.17) is 0 Å². The molecule has 2 heterocycles. The molecule has 0 spiro atoms. The van der Waals surface area contributed by atoms with Crippen LogP contribution in [0.4, 0.5) is 13.2 Å². The topological polar surface area (TPSA) is 46.5 Å². The lowest BCUT2D eigenvalue weighted by molar-refractivity contribution is -0.140. The first-order chi connectivity index (χ1) is 10.4. The Labute approximate surface area is 124 Å². The normalized spacial score (nSPS) is 11.8. The van der Waals surface area contributed by atoms with Crippen LogP contribution in [0.5, 0.6) is 0 Å². The minimum atomic E-state index is -4.49. The molecule has 0 unspecified atom stereocenters. The molecule has 1 aromatic carbocycles. The molecule has 0 radical (unpaired) electrons. The molecular formula is C15H13F3N4. The smallest absolute Gasteiger partial charge is 0.282 e. The number of aryl methyl sites for hydroxylation is 1. The van der Waals surface area contributed by atoms with Crippen molar-refractivity contribution in [1.29, 1.82) is 0 Å². The molecule has 0 saturated carbocycles. The van der Waals surface area contributed by atoms with Gasteiger partial charge >= 0.3 is 6.18 Å². The fraction of sp³-hybridized carbons (Fsp3) is 0.200. The maximum Gasteiger partial charge on any atom is 0.435 e. The zero-order valence-corrected chi connectivity index (χ0v) is 11.7. The summed E-state index contributed by atoms with van der Waals surface area (Å²) in [4.78, 5) is 0. The van der Waals surface area contributed by atoms with Crippen molar-refractivity contribution >= 4 is 0 Å². The Morgan fingerprint density at radius 3 is 2.73 bits per heavy atom. The van der Waals surface area contributed by atoms with E-state index in [2.05, 4.69) is 15.3 Å². The van der Waals surface area contributed by atoms with E-state index in [-0.39, 0.29) is 5.56 Å². The summed E-state index contributed by atoms with van der Waals surface area (Å²) in [5.74, 6) is 0. The van der Waals surface area contributed by atoms with E-state index in [1.165, 1.54) is 0 Å². The van der Waals surface area contributed by atoms with Gasteiger partial charge in [-0.15, -0.1) is 0 Å². The maximum absolute atomic E-state index is 13.1. The van der Waals surface area contributed by atoms with Crippen LogP contribution in [0.3, 0.4) is 0 Å². The Hall–Kier alpha value is -2.57. The van der Waals surface area contributed by atoms with Crippen LogP contribution in [-0.4, -0.2) is 20.0 Å². The first-order valence-corrected chi connectivity index (χ1v) is 6.64. The predicted octanol–water partition coefficient (Wildman–Crippen LogP) is 3.65. The highest BCUT2D eigenvalue weighted by Gasteiger charge is 2.37. The van der Waals surface area contributed by atoms with E-state index < -0.39 is 11.9 Å². The Balaban J connectivity index is 2.01. The molecule has 3 rings (SSSR count). The van der Waals surface area contributed by atoms with Crippen LogP contribution < -0.4 is 0 Å². The van der Waals surface area contributed by atoms with Gasteiger partial charge in [0.15, 0.2) is 5.69 Å². The van der Waals surface area contributed by atoms with Crippen LogP contribution >= 0.6 is 0 Å². The van der Waals surface area contributed by atoms with E-state index in [1.54, 1.807) is 48.3 Å². The molecule has 0 amide bonds. The highest BCUT2D eigenvalue weighted by Crippen LogP contribution is 2.37. The summed E-state index contributed by atoms with van der Waals surface area (Å²) in [6.07, 6.45) is -1.03. The summed E-state index contributed by atoms with van der Waals surface area (Å²) in [6.45, 7) is 2.08. The molecule has 0 aliphatic rings. The Morgan fingerprint density at radius 2 is 2.05 bits per heavy atom. The van der Waals surface area contributed by atoms with Crippen molar-refractivity contribution in [3.63, 3.8) is 0 Å². The van der Waals surface area contributed by atoms with Crippen molar-refractivity contribution in [3.05, 3.63) is 59.7 Å². The molecule has 3 aromatic rings. The quantitative estimate of drug-likeness (QED) is 0.803. The van der Waals surface area contributed by atoms with Gasteiger partial charge in [-0.2, -0.15) is 23.4 Å². The van der Waals surface area contributed by atoms with Gasteiger partial charge < -0.3 is 0 Å². The van der Waals surface area contributed by atoms with Crippen molar-refractivity contribution in [3.8, 4) is 11.1 Å². The molecule has 0 bridgehead atoms. The number of hydrogen-bond acceptors (Lipinski definition) is 2. The number of nitrogens with one attached hydrogen (secondary N) is 1. The monoisotopic (exact) mass is 306 g/mol. The van der Waals surface area contributed by atoms with Gasteiger partial charge in [0.25, 0.3) is 0 Å². The Kier molecular flexibility index (Phi) is 3.48. The first kappa shape index (κ1) is 14.4. The van der Waals surface area contributed by atoms with Crippen LogP contribution in [0.1, 0.15) is 17.0 Å². The van der Waals surface area contributed by atoms with Gasteiger partial charge in [0, 0.05) is 23.7 Å².